The summed E-state index contributed by atoms with van der Waals surface area (Å²) in [7, 11) is 1.53. The zero-order chi connectivity index (χ0) is 23.3. The summed E-state index contributed by atoms with van der Waals surface area (Å²) in [5.74, 6) is -1.52. The molecule has 1 heterocycles. The number of carbonyl (C=O) groups is 1. The molecule has 0 aliphatic carbocycles. The van der Waals surface area contributed by atoms with Gasteiger partial charge in [-0.25, -0.2) is 18.3 Å². The highest BCUT2D eigenvalue weighted by atomic mass is 19.1. The molecule has 0 spiro atoms. The number of aromatic nitrogens is 2. The third kappa shape index (κ3) is 5.55. The summed E-state index contributed by atoms with van der Waals surface area (Å²) in [5, 5.41) is 13.9. The van der Waals surface area contributed by atoms with Crippen molar-refractivity contribution in [3.8, 4) is 5.69 Å². The zero-order valence-electron chi connectivity index (χ0n) is 17.7. The Bertz CT molecular complexity index is 1140. The zero-order valence-corrected chi connectivity index (χ0v) is 17.7. The van der Waals surface area contributed by atoms with Gasteiger partial charge in [-0.05, 0) is 36.2 Å². The molecule has 1 aromatic heterocycles. The average molecular weight is 443 g/mol. The van der Waals surface area contributed by atoms with Crippen LogP contribution in [0.15, 0.2) is 59.5 Å². The van der Waals surface area contributed by atoms with Crippen LogP contribution < -0.4 is 10.3 Å². The van der Waals surface area contributed by atoms with E-state index in [0.29, 0.717) is 17.7 Å². The molecule has 0 bridgehead atoms. The van der Waals surface area contributed by atoms with Crippen molar-refractivity contribution in [2.45, 2.75) is 25.9 Å². The van der Waals surface area contributed by atoms with Crippen LogP contribution >= 0.6 is 0 Å². The molecule has 0 saturated carbocycles. The standard InChI is InChI=1S/C23H23F2N3O4/c1-3-20(32-2)14-27(23(30)31)18-6-4-5-15(9-18)10-21-22(29)7-8-28(26-21)19-12-16(24)11-17(25)13-19/h4-9,11-13,20H,3,10,14H2,1-2H3,(H,30,31). The molecule has 1 N–H and O–H groups in total. The molecule has 1 atom stereocenters. The number of carboxylic acid groups (broad SMARTS) is 1. The third-order valence-corrected chi connectivity index (χ3v) is 4.99. The Hall–Kier alpha value is -3.59. The lowest BCUT2D eigenvalue weighted by Crippen LogP contribution is -2.37. The first-order valence-electron chi connectivity index (χ1n) is 9.98. The van der Waals surface area contributed by atoms with E-state index in [-0.39, 0.29) is 35.9 Å². The van der Waals surface area contributed by atoms with Crippen LogP contribution in [0.1, 0.15) is 24.6 Å². The largest absolute Gasteiger partial charge is 0.465 e. The van der Waals surface area contributed by atoms with Gasteiger partial charge in [0.15, 0.2) is 0 Å². The first kappa shape index (κ1) is 23.1. The Morgan fingerprint density at radius 1 is 1.19 bits per heavy atom. The molecule has 32 heavy (non-hydrogen) atoms. The SMILES string of the molecule is CCC(CN(C(=O)O)c1cccc(Cc2nn(-c3cc(F)cc(F)c3)ccc2=O)c1)OC. The average Bonchev–Trinajstić information content (AvgIpc) is 2.75. The molecule has 7 nitrogen and oxygen atoms in total. The fourth-order valence-electron chi connectivity index (χ4n) is 3.28. The molecule has 0 fully saturated rings. The van der Waals surface area contributed by atoms with E-state index in [2.05, 4.69) is 5.10 Å². The van der Waals surface area contributed by atoms with Gasteiger partial charge < -0.3 is 9.84 Å². The third-order valence-electron chi connectivity index (χ3n) is 4.99. The van der Waals surface area contributed by atoms with E-state index in [4.69, 9.17) is 4.74 Å². The van der Waals surface area contributed by atoms with Gasteiger partial charge in [-0.1, -0.05) is 19.1 Å². The number of benzene rings is 2. The van der Waals surface area contributed by atoms with Crippen molar-refractivity contribution in [2.75, 3.05) is 18.6 Å². The van der Waals surface area contributed by atoms with E-state index in [9.17, 15) is 23.5 Å². The first-order chi connectivity index (χ1) is 15.3. The molecule has 168 valence electrons. The highest BCUT2D eigenvalue weighted by molar-refractivity contribution is 5.86. The van der Waals surface area contributed by atoms with Crippen molar-refractivity contribution < 1.29 is 23.4 Å². The van der Waals surface area contributed by atoms with E-state index < -0.39 is 17.7 Å². The highest BCUT2D eigenvalue weighted by Crippen LogP contribution is 2.20. The lowest BCUT2D eigenvalue weighted by atomic mass is 10.1. The Labute approximate surface area is 183 Å². The molecule has 3 rings (SSSR count). The van der Waals surface area contributed by atoms with Gasteiger partial charge in [0.05, 0.1) is 18.3 Å². The van der Waals surface area contributed by atoms with Crippen LogP contribution in [0, 0.1) is 11.6 Å². The van der Waals surface area contributed by atoms with Crippen LogP contribution in [0.4, 0.5) is 19.3 Å². The highest BCUT2D eigenvalue weighted by Gasteiger charge is 2.19. The van der Waals surface area contributed by atoms with Crippen molar-refractivity contribution in [1.82, 2.24) is 9.78 Å². The van der Waals surface area contributed by atoms with Crippen LogP contribution in [-0.2, 0) is 11.2 Å². The summed E-state index contributed by atoms with van der Waals surface area (Å²) in [6, 6.07) is 11.0. The Kier molecular flexibility index (Phi) is 7.32. The van der Waals surface area contributed by atoms with E-state index in [1.807, 2.05) is 6.92 Å². The summed E-state index contributed by atoms with van der Waals surface area (Å²) in [6.45, 7) is 2.06. The normalized spacial score (nSPS) is 11.9. The molecule has 1 amide bonds. The predicted octanol–water partition coefficient (Wildman–Crippen LogP) is 4.01. The second-order valence-electron chi connectivity index (χ2n) is 7.20. The van der Waals surface area contributed by atoms with Gasteiger partial charge in [-0.15, -0.1) is 0 Å². The van der Waals surface area contributed by atoms with Gasteiger partial charge in [-0.3, -0.25) is 9.69 Å². The maximum Gasteiger partial charge on any atom is 0.411 e. The maximum atomic E-state index is 13.6. The molecule has 3 aromatic rings. The molecule has 9 heteroatoms. The Morgan fingerprint density at radius 2 is 1.91 bits per heavy atom. The molecule has 0 aliphatic rings. The number of hydrogen-bond donors (Lipinski definition) is 1. The fourth-order valence-corrected chi connectivity index (χ4v) is 3.28. The van der Waals surface area contributed by atoms with Crippen LogP contribution in [0.5, 0.6) is 0 Å². The lowest BCUT2D eigenvalue weighted by molar-refractivity contribution is 0.103. The molecule has 2 aromatic carbocycles. The molecule has 0 radical (unpaired) electrons. The Balaban J connectivity index is 1.91. The van der Waals surface area contributed by atoms with Crippen molar-refractivity contribution in [1.29, 1.82) is 0 Å². The topological polar surface area (TPSA) is 84.7 Å². The number of hydrogen-bond acceptors (Lipinski definition) is 4. The number of anilines is 1. The van der Waals surface area contributed by atoms with Gasteiger partial charge in [0.25, 0.3) is 0 Å². The van der Waals surface area contributed by atoms with Crippen molar-refractivity contribution in [3.63, 3.8) is 0 Å². The van der Waals surface area contributed by atoms with Gasteiger partial charge in [-0.2, -0.15) is 5.10 Å². The van der Waals surface area contributed by atoms with Gasteiger partial charge >= 0.3 is 6.09 Å². The van der Waals surface area contributed by atoms with Crippen molar-refractivity contribution in [3.05, 3.63) is 87.8 Å². The van der Waals surface area contributed by atoms with Gasteiger partial charge in [0, 0.05) is 37.5 Å². The summed E-state index contributed by atoms with van der Waals surface area (Å²) in [5.41, 5.74) is 1.05. The van der Waals surface area contributed by atoms with E-state index >= 15 is 0 Å². The minimum atomic E-state index is -1.12. The molecular formula is C23H23F2N3O4. The number of methoxy groups -OCH3 is 1. The van der Waals surface area contributed by atoms with Crippen LogP contribution in [-0.4, -0.2) is 40.7 Å². The van der Waals surface area contributed by atoms with Gasteiger partial charge in [0.1, 0.15) is 17.3 Å². The summed E-state index contributed by atoms with van der Waals surface area (Å²) in [4.78, 5) is 25.3. The lowest BCUT2D eigenvalue weighted by Gasteiger charge is -2.24. The molecule has 0 saturated heterocycles. The fraction of sp³-hybridized carbons (Fsp3) is 0.261. The molecule has 0 aliphatic heterocycles. The second kappa shape index (κ2) is 10.1. The van der Waals surface area contributed by atoms with Gasteiger partial charge in [0.2, 0.25) is 5.43 Å². The molecular weight excluding hydrogens is 420 g/mol. The van der Waals surface area contributed by atoms with Crippen LogP contribution in [0.3, 0.4) is 0 Å². The van der Waals surface area contributed by atoms with E-state index in [1.165, 1.54) is 29.0 Å². The number of ether oxygens (including phenoxy) is 1. The van der Waals surface area contributed by atoms with Crippen molar-refractivity contribution >= 4 is 11.8 Å². The first-order valence-corrected chi connectivity index (χ1v) is 9.98. The summed E-state index contributed by atoms with van der Waals surface area (Å²) >= 11 is 0. The summed E-state index contributed by atoms with van der Waals surface area (Å²) < 4.78 is 33.7. The minimum Gasteiger partial charge on any atom is -0.465 e. The minimum absolute atomic E-state index is 0.111. The second-order valence-corrected chi connectivity index (χ2v) is 7.20. The molecule has 1 unspecified atom stereocenters. The van der Waals surface area contributed by atoms with E-state index in [0.717, 1.165) is 18.2 Å². The number of rotatable bonds is 8. The maximum absolute atomic E-state index is 13.6. The Morgan fingerprint density at radius 3 is 2.53 bits per heavy atom. The number of amides is 1. The number of nitrogens with zero attached hydrogens (tertiary/aromatic N) is 3. The quantitative estimate of drug-likeness (QED) is 0.569. The number of halogens is 2. The smallest absolute Gasteiger partial charge is 0.411 e. The van der Waals surface area contributed by atoms with E-state index in [1.54, 1.807) is 24.3 Å². The van der Waals surface area contributed by atoms with Crippen LogP contribution in [0.2, 0.25) is 0 Å². The van der Waals surface area contributed by atoms with Crippen molar-refractivity contribution in [2.24, 2.45) is 0 Å². The monoisotopic (exact) mass is 443 g/mol. The van der Waals surface area contributed by atoms with Crippen LogP contribution in [0.25, 0.3) is 5.69 Å². The summed E-state index contributed by atoms with van der Waals surface area (Å²) in [6.07, 6.45) is 0.711. The predicted molar refractivity (Wildman–Crippen MR) is 115 cm³/mol.